The van der Waals surface area contributed by atoms with E-state index < -0.39 is 12.8 Å². The van der Waals surface area contributed by atoms with Crippen molar-refractivity contribution in [2.45, 2.75) is 39.4 Å². The van der Waals surface area contributed by atoms with E-state index in [1.54, 1.807) is 0 Å². The van der Waals surface area contributed by atoms with Gasteiger partial charge in [-0.05, 0) is 30.9 Å². The van der Waals surface area contributed by atoms with E-state index in [0.29, 0.717) is 32.0 Å². The second-order valence-corrected chi connectivity index (χ2v) is 5.27. The summed E-state index contributed by atoms with van der Waals surface area (Å²) in [6.07, 6.45) is -2.84. The maximum absolute atomic E-state index is 11.9. The molecule has 0 bridgehead atoms. The smallest absolute Gasteiger partial charge is 0.372 e. The topological polar surface area (TPSA) is 45.7 Å². The lowest BCUT2D eigenvalue weighted by atomic mass is 10.1. The molecule has 0 aliphatic heterocycles. The standard InChI is InChI=1S/C17H26F3N3O.HI/c1-3-14-8-5-6-9-15(14)12-23-16(21-4-2)22-10-7-11-24-13-17(18,19)20;/h5-6,8-9H,3-4,7,10-13H2,1-2H3,(H2,21,22,23);1H. The third-order valence-electron chi connectivity index (χ3n) is 3.27. The Labute approximate surface area is 164 Å². The Bertz CT molecular complexity index is 510. The highest BCUT2D eigenvalue weighted by Crippen LogP contribution is 2.14. The molecule has 0 fully saturated rings. The molecule has 25 heavy (non-hydrogen) atoms. The minimum Gasteiger partial charge on any atom is -0.372 e. The largest absolute Gasteiger partial charge is 0.411 e. The maximum Gasteiger partial charge on any atom is 0.411 e. The fourth-order valence-electron chi connectivity index (χ4n) is 2.13. The van der Waals surface area contributed by atoms with Crippen LogP contribution < -0.4 is 10.6 Å². The molecule has 0 radical (unpaired) electrons. The van der Waals surface area contributed by atoms with Crippen molar-refractivity contribution in [3.05, 3.63) is 35.4 Å². The molecule has 0 amide bonds. The second kappa shape index (κ2) is 13.2. The van der Waals surface area contributed by atoms with Gasteiger partial charge < -0.3 is 15.4 Å². The van der Waals surface area contributed by atoms with Crippen LogP contribution in [-0.2, 0) is 17.7 Å². The highest BCUT2D eigenvalue weighted by atomic mass is 127. The molecule has 0 unspecified atom stereocenters. The van der Waals surface area contributed by atoms with Crippen molar-refractivity contribution in [2.75, 3.05) is 26.3 Å². The molecule has 2 N–H and O–H groups in total. The average Bonchev–Trinajstić information content (AvgIpc) is 2.54. The zero-order chi connectivity index (χ0) is 17.8. The molecule has 0 atom stereocenters. The van der Waals surface area contributed by atoms with E-state index in [4.69, 9.17) is 0 Å². The molecule has 0 aliphatic carbocycles. The molecule has 0 aromatic heterocycles. The number of hydrogen-bond acceptors (Lipinski definition) is 2. The third kappa shape index (κ3) is 11.2. The molecule has 0 aliphatic rings. The van der Waals surface area contributed by atoms with Crippen LogP contribution in [-0.4, -0.2) is 38.4 Å². The Kier molecular flexibility index (Phi) is 12.7. The summed E-state index contributed by atoms with van der Waals surface area (Å²) in [5.41, 5.74) is 2.43. The quantitative estimate of drug-likeness (QED) is 0.248. The summed E-state index contributed by atoms with van der Waals surface area (Å²) in [6, 6.07) is 8.14. The first-order valence-electron chi connectivity index (χ1n) is 8.19. The van der Waals surface area contributed by atoms with Crippen LogP contribution in [0.15, 0.2) is 29.3 Å². The van der Waals surface area contributed by atoms with Crippen molar-refractivity contribution in [3.63, 3.8) is 0 Å². The summed E-state index contributed by atoms with van der Waals surface area (Å²) in [7, 11) is 0. The molecule has 8 heteroatoms. The number of nitrogens with zero attached hydrogens (tertiary/aromatic N) is 1. The van der Waals surface area contributed by atoms with Crippen LogP contribution in [0.3, 0.4) is 0 Å². The Morgan fingerprint density at radius 1 is 1.12 bits per heavy atom. The van der Waals surface area contributed by atoms with Gasteiger partial charge in [0.05, 0.1) is 6.54 Å². The van der Waals surface area contributed by atoms with Crippen LogP contribution in [0, 0.1) is 0 Å². The second-order valence-electron chi connectivity index (χ2n) is 5.27. The molecular formula is C17H27F3IN3O. The summed E-state index contributed by atoms with van der Waals surface area (Å²) in [5, 5.41) is 6.23. The lowest BCUT2D eigenvalue weighted by molar-refractivity contribution is -0.173. The SMILES string of the molecule is CCNC(=NCc1ccccc1CC)NCCCOCC(F)(F)F.I. The van der Waals surface area contributed by atoms with Gasteiger partial charge in [0.1, 0.15) is 6.61 Å². The summed E-state index contributed by atoms with van der Waals surface area (Å²) in [4.78, 5) is 4.52. The van der Waals surface area contributed by atoms with Crippen molar-refractivity contribution >= 4 is 29.9 Å². The van der Waals surface area contributed by atoms with E-state index in [1.165, 1.54) is 11.1 Å². The molecule has 0 heterocycles. The summed E-state index contributed by atoms with van der Waals surface area (Å²) >= 11 is 0. The van der Waals surface area contributed by atoms with Crippen LogP contribution in [0.5, 0.6) is 0 Å². The number of rotatable bonds is 9. The zero-order valence-corrected chi connectivity index (χ0v) is 17.0. The first-order chi connectivity index (χ1) is 11.5. The fraction of sp³-hybridized carbons (Fsp3) is 0.588. The van der Waals surface area contributed by atoms with Crippen LogP contribution in [0.2, 0.25) is 0 Å². The van der Waals surface area contributed by atoms with E-state index in [-0.39, 0.29) is 30.6 Å². The predicted molar refractivity (Wildman–Crippen MR) is 106 cm³/mol. The van der Waals surface area contributed by atoms with Gasteiger partial charge in [-0.3, -0.25) is 0 Å². The highest BCUT2D eigenvalue weighted by Gasteiger charge is 2.27. The molecule has 1 rings (SSSR count). The molecule has 0 spiro atoms. The van der Waals surface area contributed by atoms with Crippen LogP contribution in [0.4, 0.5) is 13.2 Å². The number of benzene rings is 1. The van der Waals surface area contributed by atoms with Gasteiger partial charge in [-0.25, -0.2) is 4.99 Å². The minimum absolute atomic E-state index is 0. The molecule has 4 nitrogen and oxygen atoms in total. The van der Waals surface area contributed by atoms with Crippen LogP contribution in [0.1, 0.15) is 31.4 Å². The van der Waals surface area contributed by atoms with E-state index >= 15 is 0 Å². The maximum atomic E-state index is 11.9. The summed E-state index contributed by atoms with van der Waals surface area (Å²) < 4.78 is 40.4. The molecule has 0 saturated heterocycles. The van der Waals surface area contributed by atoms with Crippen molar-refractivity contribution < 1.29 is 17.9 Å². The number of halogens is 4. The Balaban J connectivity index is 0.00000576. The van der Waals surface area contributed by atoms with E-state index in [1.807, 2.05) is 19.1 Å². The number of aryl methyl sites for hydroxylation is 1. The fourth-order valence-corrected chi connectivity index (χ4v) is 2.13. The van der Waals surface area contributed by atoms with E-state index in [9.17, 15) is 13.2 Å². The van der Waals surface area contributed by atoms with Gasteiger partial charge in [-0.2, -0.15) is 13.2 Å². The van der Waals surface area contributed by atoms with Gasteiger partial charge in [0.15, 0.2) is 5.96 Å². The Morgan fingerprint density at radius 2 is 1.80 bits per heavy atom. The van der Waals surface area contributed by atoms with Crippen molar-refractivity contribution in [3.8, 4) is 0 Å². The molecule has 0 saturated carbocycles. The predicted octanol–water partition coefficient (Wildman–Crippen LogP) is 3.89. The molecule has 1 aromatic rings. The normalized spacial score (nSPS) is 11.8. The van der Waals surface area contributed by atoms with Gasteiger partial charge in [-0.1, -0.05) is 31.2 Å². The lowest BCUT2D eigenvalue weighted by Crippen LogP contribution is -2.38. The Morgan fingerprint density at radius 3 is 2.40 bits per heavy atom. The molecule has 144 valence electrons. The van der Waals surface area contributed by atoms with Gasteiger partial charge >= 0.3 is 6.18 Å². The molecule has 1 aromatic carbocycles. The lowest BCUT2D eigenvalue weighted by Gasteiger charge is -2.12. The zero-order valence-electron chi connectivity index (χ0n) is 14.7. The van der Waals surface area contributed by atoms with Gasteiger partial charge in [0.25, 0.3) is 0 Å². The van der Waals surface area contributed by atoms with Gasteiger partial charge in [-0.15, -0.1) is 24.0 Å². The molecular weight excluding hydrogens is 446 g/mol. The van der Waals surface area contributed by atoms with E-state index in [0.717, 1.165) is 6.42 Å². The van der Waals surface area contributed by atoms with Gasteiger partial charge in [0.2, 0.25) is 0 Å². The average molecular weight is 473 g/mol. The number of nitrogens with one attached hydrogen (secondary N) is 2. The van der Waals surface area contributed by atoms with Crippen molar-refractivity contribution in [2.24, 2.45) is 4.99 Å². The number of hydrogen-bond donors (Lipinski definition) is 2. The monoisotopic (exact) mass is 473 g/mol. The van der Waals surface area contributed by atoms with E-state index in [2.05, 4.69) is 39.4 Å². The van der Waals surface area contributed by atoms with Crippen LogP contribution in [0.25, 0.3) is 0 Å². The highest BCUT2D eigenvalue weighted by molar-refractivity contribution is 14.0. The van der Waals surface area contributed by atoms with Crippen molar-refractivity contribution in [1.82, 2.24) is 10.6 Å². The number of alkyl halides is 3. The third-order valence-corrected chi connectivity index (χ3v) is 3.27. The van der Waals surface area contributed by atoms with Gasteiger partial charge in [0, 0.05) is 19.7 Å². The number of guanidine groups is 1. The summed E-state index contributed by atoms with van der Waals surface area (Å²) in [5.74, 6) is 0.652. The Hall–Kier alpha value is -1.03. The first-order valence-corrected chi connectivity index (χ1v) is 8.19. The number of ether oxygens (including phenoxy) is 1. The van der Waals surface area contributed by atoms with Crippen molar-refractivity contribution in [1.29, 1.82) is 0 Å². The van der Waals surface area contributed by atoms with Crippen LogP contribution >= 0.6 is 24.0 Å². The first kappa shape index (κ1) is 24.0. The number of aliphatic imine (C=N–C) groups is 1. The summed E-state index contributed by atoms with van der Waals surface area (Å²) in [6.45, 7) is 4.70. The minimum atomic E-state index is -4.27.